The predicted molar refractivity (Wildman–Crippen MR) is 125 cm³/mol. The Morgan fingerprint density at radius 1 is 1.23 bits per heavy atom. The fourth-order valence-corrected chi connectivity index (χ4v) is 4.76. The van der Waals surface area contributed by atoms with Crippen LogP contribution in [0.15, 0.2) is 53.6 Å². The van der Waals surface area contributed by atoms with Crippen molar-refractivity contribution < 1.29 is 9.53 Å². The molecule has 6 heteroatoms. The average Bonchev–Trinajstić information content (AvgIpc) is 3.22. The molecule has 1 saturated heterocycles. The second kappa shape index (κ2) is 9.14. The molecule has 4 rings (SSSR count). The van der Waals surface area contributed by atoms with E-state index in [-0.39, 0.29) is 11.9 Å². The number of aromatic amines is 1. The number of aromatic nitrogens is 1. The normalized spacial score (nSPS) is 16.5. The number of ether oxygens (including phenoxy) is 1. The first-order valence-electron chi connectivity index (χ1n) is 10.4. The minimum Gasteiger partial charge on any atom is -0.497 e. The lowest BCUT2D eigenvalue weighted by Crippen LogP contribution is -2.45. The van der Waals surface area contributed by atoms with E-state index >= 15 is 0 Å². The number of fused-ring (bicyclic) bond motifs is 1. The van der Waals surface area contributed by atoms with Gasteiger partial charge >= 0.3 is 0 Å². The number of hydrogen-bond acceptors (Lipinski definition) is 4. The van der Waals surface area contributed by atoms with Crippen molar-refractivity contribution in [1.29, 1.82) is 0 Å². The van der Waals surface area contributed by atoms with E-state index in [1.165, 1.54) is 10.9 Å². The van der Waals surface area contributed by atoms with Crippen LogP contribution in [-0.2, 0) is 4.79 Å². The molecule has 2 aromatic carbocycles. The van der Waals surface area contributed by atoms with Crippen LogP contribution in [0.4, 0.5) is 5.69 Å². The Labute approximate surface area is 182 Å². The number of hydrogen-bond donors (Lipinski definition) is 2. The molecular formula is C24H29N3O2S. The first-order valence-corrected chi connectivity index (χ1v) is 11.7. The number of likely N-dealkylation sites (tertiary alicyclic amines) is 1. The molecule has 1 atom stereocenters. The van der Waals surface area contributed by atoms with Crippen LogP contribution >= 0.6 is 11.8 Å². The minimum atomic E-state index is -0.146. The van der Waals surface area contributed by atoms with Crippen LogP contribution < -0.4 is 10.1 Å². The number of nitrogens with one attached hydrogen (secondary N) is 2. The summed E-state index contributed by atoms with van der Waals surface area (Å²) < 4.78 is 5.40. The number of anilines is 1. The Balaban J connectivity index is 1.38. The van der Waals surface area contributed by atoms with Crippen molar-refractivity contribution in [3.05, 3.63) is 54.2 Å². The van der Waals surface area contributed by atoms with Crippen LogP contribution in [0.25, 0.3) is 10.9 Å². The highest BCUT2D eigenvalue weighted by molar-refractivity contribution is 7.98. The Morgan fingerprint density at radius 2 is 2.03 bits per heavy atom. The lowest BCUT2D eigenvalue weighted by Gasteiger charge is -2.35. The summed E-state index contributed by atoms with van der Waals surface area (Å²) in [6.07, 6.45) is 6.27. The van der Waals surface area contributed by atoms with E-state index in [2.05, 4.69) is 39.6 Å². The zero-order chi connectivity index (χ0) is 21.1. The third-order valence-electron chi connectivity index (χ3n) is 6.15. The Hall–Kier alpha value is -2.44. The Kier molecular flexibility index (Phi) is 6.35. The number of nitrogens with zero attached hydrogens (tertiary/aromatic N) is 1. The number of H-pyrrole nitrogens is 1. The Morgan fingerprint density at radius 3 is 2.77 bits per heavy atom. The van der Waals surface area contributed by atoms with E-state index < -0.39 is 0 Å². The van der Waals surface area contributed by atoms with Gasteiger partial charge in [0.25, 0.3) is 0 Å². The van der Waals surface area contributed by atoms with E-state index in [1.807, 2.05) is 37.4 Å². The lowest BCUT2D eigenvalue weighted by atomic mass is 9.88. The fraction of sp³-hybridized carbons (Fsp3) is 0.375. The number of piperidine rings is 1. The van der Waals surface area contributed by atoms with Gasteiger partial charge in [-0.05, 0) is 87.0 Å². The van der Waals surface area contributed by atoms with Crippen LogP contribution in [0.1, 0.15) is 31.2 Å². The highest BCUT2D eigenvalue weighted by Crippen LogP contribution is 2.35. The molecule has 5 nitrogen and oxygen atoms in total. The molecule has 1 fully saturated rings. The van der Waals surface area contributed by atoms with Crippen molar-refractivity contribution in [2.24, 2.45) is 0 Å². The maximum atomic E-state index is 12.8. The molecule has 0 spiro atoms. The molecule has 0 saturated carbocycles. The number of amides is 1. The van der Waals surface area contributed by atoms with E-state index in [9.17, 15) is 4.79 Å². The number of thioether (sulfide) groups is 1. The van der Waals surface area contributed by atoms with Crippen molar-refractivity contribution in [3.63, 3.8) is 0 Å². The van der Waals surface area contributed by atoms with Crippen molar-refractivity contribution in [2.45, 2.75) is 36.6 Å². The molecule has 0 radical (unpaired) electrons. The summed E-state index contributed by atoms with van der Waals surface area (Å²) >= 11 is 1.68. The molecule has 1 aliphatic rings. The molecular weight excluding hydrogens is 394 g/mol. The SMILES string of the molecule is COc1ccc2[nH]cc(C3CCN(C(C)C(=O)Nc4cccc(SC)c4)CC3)c2c1. The first-order chi connectivity index (χ1) is 14.6. The van der Waals surface area contributed by atoms with Gasteiger partial charge in [-0.15, -0.1) is 11.8 Å². The topological polar surface area (TPSA) is 57.4 Å². The molecule has 1 amide bonds. The van der Waals surface area contributed by atoms with Crippen LogP contribution in [0, 0.1) is 0 Å². The number of carbonyl (C=O) groups is 1. The van der Waals surface area contributed by atoms with Gasteiger partial charge in [0.2, 0.25) is 5.91 Å². The number of benzene rings is 2. The molecule has 2 heterocycles. The molecule has 2 N–H and O–H groups in total. The van der Waals surface area contributed by atoms with Crippen LogP contribution in [0.5, 0.6) is 5.75 Å². The van der Waals surface area contributed by atoms with Gasteiger partial charge in [-0.25, -0.2) is 0 Å². The first kappa shape index (κ1) is 20.8. The molecule has 0 bridgehead atoms. The molecule has 1 aliphatic heterocycles. The maximum Gasteiger partial charge on any atom is 0.241 e. The second-order valence-corrected chi connectivity index (χ2v) is 8.74. The largest absolute Gasteiger partial charge is 0.497 e. The molecule has 3 aromatic rings. The summed E-state index contributed by atoms with van der Waals surface area (Å²) in [7, 11) is 1.70. The molecule has 158 valence electrons. The van der Waals surface area contributed by atoms with Gasteiger partial charge in [0.15, 0.2) is 0 Å². The van der Waals surface area contributed by atoms with Gasteiger partial charge in [0.05, 0.1) is 13.2 Å². The molecule has 1 unspecified atom stereocenters. The average molecular weight is 424 g/mol. The summed E-state index contributed by atoms with van der Waals surface area (Å²) in [4.78, 5) is 19.6. The monoisotopic (exact) mass is 423 g/mol. The van der Waals surface area contributed by atoms with E-state index in [4.69, 9.17) is 4.74 Å². The lowest BCUT2D eigenvalue weighted by molar-refractivity contribution is -0.121. The van der Waals surface area contributed by atoms with Gasteiger partial charge < -0.3 is 15.0 Å². The van der Waals surface area contributed by atoms with Gasteiger partial charge in [-0.3, -0.25) is 9.69 Å². The number of rotatable bonds is 6. The maximum absolute atomic E-state index is 12.8. The third-order valence-corrected chi connectivity index (χ3v) is 6.88. The van der Waals surface area contributed by atoms with Crippen LogP contribution in [0.2, 0.25) is 0 Å². The predicted octanol–water partition coefficient (Wildman–Crippen LogP) is 5.11. The summed E-state index contributed by atoms with van der Waals surface area (Å²) in [5.74, 6) is 1.44. The quantitative estimate of drug-likeness (QED) is 0.541. The van der Waals surface area contributed by atoms with Gasteiger partial charge in [-0.2, -0.15) is 0 Å². The standard InChI is InChI=1S/C24H29N3O2S/c1-16(24(28)26-18-5-4-6-20(13-18)30-3)27-11-9-17(10-12-27)22-15-25-23-8-7-19(29-2)14-21(22)23/h4-8,13-17,25H,9-12H2,1-3H3,(H,26,28). The van der Waals surface area contributed by atoms with E-state index in [1.54, 1.807) is 18.9 Å². The van der Waals surface area contributed by atoms with Crippen LogP contribution in [0.3, 0.4) is 0 Å². The van der Waals surface area contributed by atoms with Crippen molar-refractivity contribution >= 4 is 34.3 Å². The minimum absolute atomic E-state index is 0.0588. The summed E-state index contributed by atoms with van der Waals surface area (Å²) in [6.45, 7) is 3.84. The second-order valence-electron chi connectivity index (χ2n) is 7.86. The smallest absolute Gasteiger partial charge is 0.241 e. The number of methoxy groups -OCH3 is 1. The summed E-state index contributed by atoms with van der Waals surface area (Å²) in [6, 6.07) is 14.0. The van der Waals surface area contributed by atoms with E-state index in [0.717, 1.165) is 47.8 Å². The molecule has 0 aliphatic carbocycles. The van der Waals surface area contributed by atoms with Crippen molar-refractivity contribution in [2.75, 3.05) is 31.8 Å². The summed E-state index contributed by atoms with van der Waals surface area (Å²) in [5.41, 5.74) is 3.37. The van der Waals surface area contributed by atoms with Gasteiger partial charge in [0.1, 0.15) is 5.75 Å². The number of carbonyl (C=O) groups excluding carboxylic acids is 1. The Bertz CT molecular complexity index is 1020. The molecule has 1 aromatic heterocycles. The van der Waals surface area contributed by atoms with Crippen molar-refractivity contribution in [3.8, 4) is 5.75 Å². The zero-order valence-corrected chi connectivity index (χ0v) is 18.6. The third kappa shape index (κ3) is 4.35. The van der Waals surface area contributed by atoms with Gasteiger partial charge in [-0.1, -0.05) is 6.07 Å². The molecule has 30 heavy (non-hydrogen) atoms. The zero-order valence-electron chi connectivity index (χ0n) is 17.8. The van der Waals surface area contributed by atoms with Crippen LogP contribution in [-0.4, -0.2) is 48.3 Å². The highest BCUT2D eigenvalue weighted by atomic mass is 32.2. The van der Waals surface area contributed by atoms with Crippen molar-refractivity contribution in [1.82, 2.24) is 9.88 Å². The van der Waals surface area contributed by atoms with Gasteiger partial charge in [0, 0.05) is 27.7 Å². The summed E-state index contributed by atoms with van der Waals surface area (Å²) in [5, 5.41) is 4.32. The van der Waals surface area contributed by atoms with E-state index in [0.29, 0.717) is 5.92 Å². The fourth-order valence-electron chi connectivity index (χ4n) is 4.30. The highest BCUT2D eigenvalue weighted by Gasteiger charge is 2.28.